The molecule has 2 aromatic carbocycles. The third-order valence-electron chi connectivity index (χ3n) is 4.36. The molecule has 1 heterocycles. The Morgan fingerprint density at radius 3 is 2.71 bits per heavy atom. The summed E-state index contributed by atoms with van der Waals surface area (Å²) >= 11 is 6.16. The first-order valence-electron chi connectivity index (χ1n) is 8.13. The summed E-state index contributed by atoms with van der Waals surface area (Å²) < 4.78 is 5.88. The van der Waals surface area contributed by atoms with Crippen molar-refractivity contribution in [2.75, 3.05) is 19.6 Å². The second-order valence-electron chi connectivity index (χ2n) is 6.02. The number of halogens is 1. The molecular formula is C19H21ClN2O2. The maximum atomic E-state index is 12.8. The molecule has 126 valence electrons. The molecule has 0 spiro atoms. The second-order valence-corrected chi connectivity index (χ2v) is 6.43. The molecule has 1 amide bonds. The highest BCUT2D eigenvalue weighted by molar-refractivity contribution is 6.31. The third kappa shape index (κ3) is 3.71. The summed E-state index contributed by atoms with van der Waals surface area (Å²) in [7, 11) is 0. The maximum Gasteiger partial charge on any atom is 0.257 e. The van der Waals surface area contributed by atoms with Crippen LogP contribution >= 0.6 is 11.6 Å². The first-order chi connectivity index (χ1) is 11.7. The van der Waals surface area contributed by atoms with E-state index in [-0.39, 0.29) is 5.91 Å². The van der Waals surface area contributed by atoms with Gasteiger partial charge in [-0.15, -0.1) is 0 Å². The van der Waals surface area contributed by atoms with Crippen molar-refractivity contribution in [2.24, 2.45) is 11.7 Å². The summed E-state index contributed by atoms with van der Waals surface area (Å²) in [6, 6.07) is 14.9. The number of amides is 1. The van der Waals surface area contributed by atoms with Crippen LogP contribution < -0.4 is 10.5 Å². The Labute approximate surface area is 147 Å². The molecule has 1 atom stereocenters. The maximum absolute atomic E-state index is 12.8. The van der Waals surface area contributed by atoms with Gasteiger partial charge in [0.25, 0.3) is 5.91 Å². The Balaban J connectivity index is 1.73. The average Bonchev–Trinajstić information content (AvgIpc) is 3.10. The number of rotatable bonds is 5. The number of para-hydroxylation sites is 1. The van der Waals surface area contributed by atoms with E-state index in [1.165, 1.54) is 0 Å². The molecule has 0 aromatic heterocycles. The highest BCUT2D eigenvalue weighted by Gasteiger charge is 2.27. The van der Waals surface area contributed by atoms with Crippen LogP contribution in [-0.2, 0) is 6.61 Å². The summed E-state index contributed by atoms with van der Waals surface area (Å²) in [5, 5.41) is 0.659. The molecule has 1 fully saturated rings. The van der Waals surface area contributed by atoms with Crippen LogP contribution in [0.3, 0.4) is 0 Å². The van der Waals surface area contributed by atoms with Crippen LogP contribution in [0.2, 0.25) is 5.02 Å². The molecule has 1 aliphatic rings. The largest absolute Gasteiger partial charge is 0.488 e. The van der Waals surface area contributed by atoms with E-state index in [4.69, 9.17) is 22.1 Å². The first-order valence-corrected chi connectivity index (χ1v) is 8.51. The van der Waals surface area contributed by atoms with Gasteiger partial charge in [-0.1, -0.05) is 41.9 Å². The number of carbonyl (C=O) groups is 1. The van der Waals surface area contributed by atoms with E-state index in [2.05, 4.69) is 0 Å². The molecule has 0 radical (unpaired) electrons. The zero-order valence-electron chi connectivity index (χ0n) is 13.5. The van der Waals surface area contributed by atoms with Crippen molar-refractivity contribution < 1.29 is 9.53 Å². The van der Waals surface area contributed by atoms with Crippen LogP contribution in [0.25, 0.3) is 0 Å². The summed E-state index contributed by atoms with van der Waals surface area (Å²) in [5.41, 5.74) is 7.20. The van der Waals surface area contributed by atoms with Crippen molar-refractivity contribution in [2.45, 2.75) is 13.0 Å². The molecule has 3 rings (SSSR count). The first kappa shape index (κ1) is 16.8. The van der Waals surface area contributed by atoms with Gasteiger partial charge < -0.3 is 15.4 Å². The van der Waals surface area contributed by atoms with Crippen molar-refractivity contribution in [3.63, 3.8) is 0 Å². The van der Waals surface area contributed by atoms with Crippen molar-refractivity contribution in [1.82, 2.24) is 4.90 Å². The van der Waals surface area contributed by atoms with Crippen molar-refractivity contribution in [1.29, 1.82) is 0 Å². The number of ether oxygens (including phenoxy) is 1. The Kier molecular flexibility index (Phi) is 5.38. The lowest BCUT2D eigenvalue weighted by molar-refractivity contribution is 0.0782. The van der Waals surface area contributed by atoms with E-state index in [0.29, 0.717) is 41.9 Å². The van der Waals surface area contributed by atoms with Crippen LogP contribution in [0.5, 0.6) is 5.75 Å². The van der Waals surface area contributed by atoms with Gasteiger partial charge in [-0.25, -0.2) is 0 Å². The van der Waals surface area contributed by atoms with Gasteiger partial charge in [0, 0.05) is 23.7 Å². The number of carbonyl (C=O) groups excluding carboxylic acids is 1. The van der Waals surface area contributed by atoms with Crippen molar-refractivity contribution in [3.8, 4) is 5.75 Å². The fourth-order valence-corrected chi connectivity index (χ4v) is 3.11. The van der Waals surface area contributed by atoms with Gasteiger partial charge in [0.1, 0.15) is 12.4 Å². The normalized spacial score (nSPS) is 17.1. The quantitative estimate of drug-likeness (QED) is 0.905. The molecule has 4 nitrogen and oxygen atoms in total. The van der Waals surface area contributed by atoms with Gasteiger partial charge in [0.2, 0.25) is 0 Å². The molecule has 1 aliphatic heterocycles. The van der Waals surface area contributed by atoms with Gasteiger partial charge >= 0.3 is 0 Å². The molecule has 0 bridgehead atoms. The van der Waals surface area contributed by atoms with Gasteiger partial charge in [-0.2, -0.15) is 0 Å². The van der Waals surface area contributed by atoms with Crippen molar-refractivity contribution >= 4 is 17.5 Å². The van der Waals surface area contributed by atoms with Gasteiger partial charge in [-0.05, 0) is 37.1 Å². The molecule has 1 unspecified atom stereocenters. The molecule has 1 saturated heterocycles. The number of hydrogen-bond acceptors (Lipinski definition) is 3. The van der Waals surface area contributed by atoms with E-state index in [1.54, 1.807) is 6.07 Å². The second kappa shape index (κ2) is 7.69. The van der Waals surface area contributed by atoms with E-state index < -0.39 is 0 Å². The van der Waals surface area contributed by atoms with Crippen LogP contribution in [0.15, 0.2) is 48.5 Å². The topological polar surface area (TPSA) is 55.6 Å². The molecule has 24 heavy (non-hydrogen) atoms. The predicted octanol–water partition coefficient (Wildman–Crippen LogP) is 3.34. The number of likely N-dealkylation sites (tertiary alicyclic amines) is 1. The predicted molar refractivity (Wildman–Crippen MR) is 95.3 cm³/mol. The summed E-state index contributed by atoms with van der Waals surface area (Å²) in [6.45, 7) is 2.41. The lowest BCUT2D eigenvalue weighted by atomic mass is 10.1. The fraction of sp³-hybridized carbons (Fsp3) is 0.316. The Hall–Kier alpha value is -2.04. The van der Waals surface area contributed by atoms with E-state index in [1.807, 2.05) is 47.4 Å². The summed E-state index contributed by atoms with van der Waals surface area (Å²) in [6.07, 6.45) is 0.963. The van der Waals surface area contributed by atoms with Crippen LogP contribution in [0.1, 0.15) is 22.3 Å². The van der Waals surface area contributed by atoms with Crippen LogP contribution in [-0.4, -0.2) is 30.4 Å². The van der Waals surface area contributed by atoms with Crippen molar-refractivity contribution in [3.05, 3.63) is 64.7 Å². The molecule has 0 saturated carbocycles. The lowest BCUT2D eigenvalue weighted by Gasteiger charge is -2.18. The molecule has 5 heteroatoms. The SMILES string of the molecule is NCC1CCN(C(=O)c2ccccc2OCc2ccccc2Cl)C1. The van der Waals surface area contributed by atoms with E-state index in [0.717, 1.165) is 18.5 Å². The summed E-state index contributed by atoms with van der Waals surface area (Å²) in [4.78, 5) is 14.6. The molecule has 2 N–H and O–H groups in total. The van der Waals surface area contributed by atoms with Gasteiger partial charge in [0.15, 0.2) is 0 Å². The smallest absolute Gasteiger partial charge is 0.257 e. The zero-order chi connectivity index (χ0) is 16.9. The van der Waals surface area contributed by atoms with E-state index in [9.17, 15) is 4.79 Å². The highest BCUT2D eigenvalue weighted by atomic mass is 35.5. The minimum absolute atomic E-state index is 0.000656. The number of nitrogens with zero attached hydrogens (tertiary/aromatic N) is 1. The van der Waals surface area contributed by atoms with Gasteiger partial charge in [-0.3, -0.25) is 4.79 Å². The molecular weight excluding hydrogens is 324 g/mol. The fourth-order valence-electron chi connectivity index (χ4n) is 2.92. The number of benzene rings is 2. The summed E-state index contributed by atoms with van der Waals surface area (Å²) in [5.74, 6) is 0.976. The monoisotopic (exact) mass is 344 g/mol. The lowest BCUT2D eigenvalue weighted by Crippen LogP contribution is -2.30. The minimum Gasteiger partial charge on any atom is -0.488 e. The van der Waals surface area contributed by atoms with Crippen LogP contribution in [0.4, 0.5) is 0 Å². The Morgan fingerprint density at radius 1 is 1.21 bits per heavy atom. The number of hydrogen-bond donors (Lipinski definition) is 1. The molecule has 0 aliphatic carbocycles. The number of nitrogens with two attached hydrogens (primary N) is 1. The van der Waals surface area contributed by atoms with Crippen LogP contribution in [0, 0.1) is 5.92 Å². The standard InChI is InChI=1S/C19H21ClN2O2/c20-17-7-3-1-5-15(17)13-24-18-8-4-2-6-16(18)19(23)22-10-9-14(11-21)12-22/h1-8,14H,9-13,21H2. The van der Waals surface area contributed by atoms with Gasteiger partial charge in [0.05, 0.1) is 5.56 Å². The minimum atomic E-state index is 0.000656. The highest BCUT2D eigenvalue weighted by Crippen LogP contribution is 2.25. The Bertz CT molecular complexity index is 720. The average molecular weight is 345 g/mol. The Morgan fingerprint density at radius 2 is 1.96 bits per heavy atom. The zero-order valence-corrected chi connectivity index (χ0v) is 14.2. The van der Waals surface area contributed by atoms with E-state index >= 15 is 0 Å². The third-order valence-corrected chi connectivity index (χ3v) is 4.73. The molecule has 2 aromatic rings.